The molecule has 19 heavy (non-hydrogen) atoms. The lowest BCUT2D eigenvalue weighted by atomic mass is 10.2. The number of hydrogen-bond donors (Lipinski definition) is 1. The van der Waals surface area contributed by atoms with E-state index >= 15 is 0 Å². The van der Waals surface area contributed by atoms with E-state index in [2.05, 4.69) is 33.9 Å². The zero-order chi connectivity index (χ0) is 13.2. The number of nitrogens with zero attached hydrogens (tertiary/aromatic N) is 3. The van der Waals surface area contributed by atoms with Crippen molar-refractivity contribution in [2.75, 3.05) is 56.9 Å². The van der Waals surface area contributed by atoms with E-state index in [9.17, 15) is 0 Å². The molecule has 1 aromatic carbocycles. The smallest absolute Gasteiger partial charge is 0.0368 e. The summed E-state index contributed by atoms with van der Waals surface area (Å²) in [6.07, 6.45) is 1.29. The van der Waals surface area contributed by atoms with Crippen LogP contribution in [0.5, 0.6) is 0 Å². The molecule has 0 aliphatic carbocycles. The first-order valence-corrected chi connectivity index (χ1v) is 7.25. The summed E-state index contributed by atoms with van der Waals surface area (Å²) in [6, 6.07) is 9.01. The van der Waals surface area contributed by atoms with Crippen LogP contribution in [-0.2, 0) is 0 Å². The molecule has 1 aromatic rings. The number of benzene rings is 1. The quantitative estimate of drug-likeness (QED) is 0.808. The van der Waals surface area contributed by atoms with Crippen molar-refractivity contribution in [2.45, 2.75) is 12.5 Å². The monoisotopic (exact) mass is 260 g/mol. The van der Waals surface area contributed by atoms with Crippen molar-refractivity contribution in [2.24, 2.45) is 0 Å². The Kier molecular flexibility index (Phi) is 3.62. The van der Waals surface area contributed by atoms with Crippen molar-refractivity contribution in [1.29, 1.82) is 0 Å². The van der Waals surface area contributed by atoms with Gasteiger partial charge in [-0.3, -0.25) is 4.90 Å². The van der Waals surface area contributed by atoms with Crippen molar-refractivity contribution < 1.29 is 0 Å². The standard InChI is InChI=1S/C15H24N4/c1-17-8-10-18(11-9-17)15-6-7-19(12-15)14-4-2-13(16)3-5-14/h2-5,15H,6-12,16H2,1H3. The molecule has 4 heteroatoms. The molecule has 1 unspecified atom stereocenters. The summed E-state index contributed by atoms with van der Waals surface area (Å²) < 4.78 is 0. The first kappa shape index (κ1) is 12.8. The van der Waals surface area contributed by atoms with Gasteiger partial charge < -0.3 is 15.5 Å². The van der Waals surface area contributed by atoms with Crippen LogP contribution >= 0.6 is 0 Å². The fourth-order valence-electron chi connectivity index (χ4n) is 3.15. The van der Waals surface area contributed by atoms with Crippen LogP contribution in [0.4, 0.5) is 11.4 Å². The van der Waals surface area contributed by atoms with Gasteiger partial charge in [0.25, 0.3) is 0 Å². The second-order valence-electron chi connectivity index (χ2n) is 5.82. The minimum atomic E-state index is 0.728. The van der Waals surface area contributed by atoms with Crippen molar-refractivity contribution in [1.82, 2.24) is 9.80 Å². The van der Waals surface area contributed by atoms with Crippen LogP contribution in [0.25, 0.3) is 0 Å². The van der Waals surface area contributed by atoms with Gasteiger partial charge >= 0.3 is 0 Å². The number of likely N-dealkylation sites (N-methyl/N-ethyl adjacent to an activating group) is 1. The van der Waals surface area contributed by atoms with Gasteiger partial charge in [-0.15, -0.1) is 0 Å². The van der Waals surface area contributed by atoms with Crippen molar-refractivity contribution in [3.63, 3.8) is 0 Å². The molecular formula is C15H24N4. The molecule has 104 valence electrons. The minimum Gasteiger partial charge on any atom is -0.399 e. The number of nitrogen functional groups attached to an aromatic ring is 1. The highest BCUT2D eigenvalue weighted by molar-refractivity contribution is 5.53. The predicted octanol–water partition coefficient (Wildman–Crippen LogP) is 1.09. The van der Waals surface area contributed by atoms with E-state index in [0.29, 0.717) is 0 Å². The van der Waals surface area contributed by atoms with E-state index in [4.69, 9.17) is 5.73 Å². The second-order valence-corrected chi connectivity index (χ2v) is 5.82. The molecule has 0 bridgehead atoms. The Morgan fingerprint density at radius 3 is 2.37 bits per heavy atom. The summed E-state index contributed by atoms with van der Waals surface area (Å²) in [7, 11) is 2.21. The van der Waals surface area contributed by atoms with Gasteiger partial charge in [0.2, 0.25) is 0 Å². The molecule has 0 saturated carbocycles. The van der Waals surface area contributed by atoms with E-state index in [1.54, 1.807) is 0 Å². The van der Waals surface area contributed by atoms with Crippen molar-refractivity contribution in [3.05, 3.63) is 24.3 Å². The topological polar surface area (TPSA) is 35.7 Å². The van der Waals surface area contributed by atoms with Crippen LogP contribution in [-0.4, -0.2) is 62.2 Å². The molecule has 2 saturated heterocycles. The lowest BCUT2D eigenvalue weighted by Gasteiger charge is -2.36. The Balaban J connectivity index is 1.59. The second kappa shape index (κ2) is 5.39. The van der Waals surface area contributed by atoms with Gasteiger partial charge in [-0.1, -0.05) is 0 Å². The number of hydrogen-bond acceptors (Lipinski definition) is 4. The van der Waals surface area contributed by atoms with Crippen LogP contribution in [0.2, 0.25) is 0 Å². The van der Waals surface area contributed by atoms with E-state index < -0.39 is 0 Å². The van der Waals surface area contributed by atoms with Gasteiger partial charge in [-0.2, -0.15) is 0 Å². The molecule has 2 aliphatic rings. The van der Waals surface area contributed by atoms with E-state index in [-0.39, 0.29) is 0 Å². The van der Waals surface area contributed by atoms with E-state index in [1.807, 2.05) is 12.1 Å². The summed E-state index contributed by atoms with van der Waals surface area (Å²) in [5.41, 5.74) is 7.91. The third-order valence-electron chi connectivity index (χ3n) is 4.48. The molecule has 2 N–H and O–H groups in total. The van der Waals surface area contributed by atoms with Crippen LogP contribution in [0.3, 0.4) is 0 Å². The molecule has 3 rings (SSSR count). The number of nitrogens with two attached hydrogens (primary N) is 1. The highest BCUT2D eigenvalue weighted by atomic mass is 15.3. The maximum atomic E-state index is 5.75. The zero-order valence-electron chi connectivity index (χ0n) is 11.8. The van der Waals surface area contributed by atoms with Gasteiger partial charge in [-0.25, -0.2) is 0 Å². The molecule has 0 radical (unpaired) electrons. The molecule has 2 aliphatic heterocycles. The molecule has 4 nitrogen and oxygen atoms in total. The van der Waals surface area contributed by atoms with E-state index in [0.717, 1.165) is 18.3 Å². The first-order chi connectivity index (χ1) is 9.22. The SMILES string of the molecule is CN1CCN(C2CCN(c3ccc(N)cc3)C2)CC1. The Labute approximate surface area is 115 Å². The van der Waals surface area contributed by atoms with Gasteiger partial charge in [-0.05, 0) is 37.7 Å². The highest BCUT2D eigenvalue weighted by Gasteiger charge is 2.29. The molecule has 2 heterocycles. The van der Waals surface area contributed by atoms with Crippen LogP contribution in [0.15, 0.2) is 24.3 Å². The molecule has 1 atom stereocenters. The van der Waals surface area contributed by atoms with Crippen LogP contribution < -0.4 is 10.6 Å². The highest BCUT2D eigenvalue weighted by Crippen LogP contribution is 2.24. The summed E-state index contributed by atoms with van der Waals surface area (Å²) in [5.74, 6) is 0. The molecule has 0 amide bonds. The molecule has 2 fully saturated rings. The largest absolute Gasteiger partial charge is 0.399 e. The maximum Gasteiger partial charge on any atom is 0.0368 e. The van der Waals surface area contributed by atoms with E-state index in [1.165, 1.54) is 44.8 Å². The van der Waals surface area contributed by atoms with Crippen LogP contribution in [0.1, 0.15) is 6.42 Å². The summed E-state index contributed by atoms with van der Waals surface area (Å²) in [5, 5.41) is 0. The average molecular weight is 260 g/mol. The summed E-state index contributed by atoms with van der Waals surface area (Å²) in [4.78, 5) is 7.57. The maximum absolute atomic E-state index is 5.75. The Hall–Kier alpha value is -1.26. The normalized spacial score (nSPS) is 25.9. The molecular weight excluding hydrogens is 236 g/mol. The zero-order valence-corrected chi connectivity index (χ0v) is 11.8. The summed E-state index contributed by atoms with van der Waals surface area (Å²) >= 11 is 0. The third-order valence-corrected chi connectivity index (χ3v) is 4.48. The number of rotatable bonds is 2. The Bertz CT molecular complexity index is 409. The van der Waals surface area contributed by atoms with Crippen molar-refractivity contribution >= 4 is 11.4 Å². The summed E-state index contributed by atoms with van der Waals surface area (Å²) in [6.45, 7) is 7.18. The van der Waals surface area contributed by atoms with Gasteiger partial charge in [0.1, 0.15) is 0 Å². The molecule has 0 spiro atoms. The van der Waals surface area contributed by atoms with Crippen molar-refractivity contribution in [3.8, 4) is 0 Å². The Morgan fingerprint density at radius 1 is 1.00 bits per heavy atom. The van der Waals surface area contributed by atoms with Gasteiger partial charge in [0, 0.05) is 56.7 Å². The third kappa shape index (κ3) is 2.85. The minimum absolute atomic E-state index is 0.728. The fraction of sp³-hybridized carbons (Fsp3) is 0.600. The van der Waals surface area contributed by atoms with Gasteiger partial charge in [0.05, 0.1) is 0 Å². The first-order valence-electron chi connectivity index (χ1n) is 7.25. The number of anilines is 2. The lowest BCUT2D eigenvalue weighted by Crippen LogP contribution is -2.49. The van der Waals surface area contributed by atoms with Crippen LogP contribution in [0, 0.1) is 0 Å². The number of piperazine rings is 1. The average Bonchev–Trinajstić information content (AvgIpc) is 2.90. The van der Waals surface area contributed by atoms with Gasteiger partial charge in [0.15, 0.2) is 0 Å². The lowest BCUT2D eigenvalue weighted by molar-refractivity contribution is 0.120. The fourth-order valence-corrected chi connectivity index (χ4v) is 3.15. The predicted molar refractivity (Wildman–Crippen MR) is 80.5 cm³/mol. The molecule has 0 aromatic heterocycles. The Morgan fingerprint density at radius 2 is 1.68 bits per heavy atom.